The molecule has 0 heterocycles. The van der Waals surface area contributed by atoms with Crippen LogP contribution in [0.25, 0.3) is 0 Å². The van der Waals surface area contributed by atoms with Crippen LogP contribution in [-0.2, 0) is 6.42 Å². The van der Waals surface area contributed by atoms with E-state index in [2.05, 4.69) is 22.6 Å². The highest BCUT2D eigenvalue weighted by Gasteiger charge is 2.08. The molecule has 0 aliphatic heterocycles. The van der Waals surface area contributed by atoms with E-state index in [0.717, 1.165) is 28.5 Å². The minimum absolute atomic E-state index is 0.753. The van der Waals surface area contributed by atoms with Crippen molar-refractivity contribution in [2.45, 2.75) is 6.42 Å². The zero-order chi connectivity index (χ0) is 13.8. The highest BCUT2D eigenvalue weighted by molar-refractivity contribution is 14.1. The maximum absolute atomic E-state index is 6.05. The molecule has 2 aromatic rings. The first-order valence-corrected chi connectivity index (χ1v) is 7.24. The van der Waals surface area contributed by atoms with Gasteiger partial charge in [0.2, 0.25) is 0 Å². The van der Waals surface area contributed by atoms with Crippen molar-refractivity contribution < 1.29 is 9.47 Å². The average Bonchev–Trinajstić information content (AvgIpc) is 2.43. The van der Waals surface area contributed by atoms with Gasteiger partial charge in [-0.2, -0.15) is 0 Å². The van der Waals surface area contributed by atoms with Gasteiger partial charge in [-0.05, 0) is 58.0 Å². The van der Waals surface area contributed by atoms with E-state index in [1.54, 1.807) is 14.2 Å². The van der Waals surface area contributed by atoms with Gasteiger partial charge in [-0.3, -0.25) is 0 Å². The van der Waals surface area contributed by atoms with Crippen molar-refractivity contribution in [3.63, 3.8) is 0 Å². The summed E-state index contributed by atoms with van der Waals surface area (Å²) in [7, 11) is 3.32. The van der Waals surface area contributed by atoms with Crippen LogP contribution in [0.3, 0.4) is 0 Å². The minimum Gasteiger partial charge on any atom is -0.497 e. The summed E-state index contributed by atoms with van der Waals surface area (Å²) >= 11 is 8.37. The molecule has 100 valence electrons. The van der Waals surface area contributed by atoms with E-state index in [4.69, 9.17) is 21.1 Å². The lowest BCUT2D eigenvalue weighted by Crippen LogP contribution is -1.96. The molecule has 0 saturated carbocycles. The zero-order valence-corrected chi connectivity index (χ0v) is 13.7. The summed E-state index contributed by atoms with van der Waals surface area (Å²) in [5.41, 5.74) is 2.31. The van der Waals surface area contributed by atoms with Gasteiger partial charge >= 0.3 is 0 Å². The van der Waals surface area contributed by atoms with E-state index in [0.29, 0.717) is 0 Å². The highest BCUT2D eigenvalue weighted by Crippen LogP contribution is 2.28. The van der Waals surface area contributed by atoms with Crippen LogP contribution in [0.5, 0.6) is 11.5 Å². The molecule has 0 spiro atoms. The number of hydrogen-bond donors (Lipinski definition) is 0. The van der Waals surface area contributed by atoms with Crippen molar-refractivity contribution in [1.29, 1.82) is 0 Å². The van der Waals surface area contributed by atoms with Crippen LogP contribution in [0.2, 0.25) is 5.02 Å². The first-order chi connectivity index (χ1) is 9.13. The van der Waals surface area contributed by atoms with Crippen molar-refractivity contribution >= 4 is 34.2 Å². The molecule has 0 saturated heterocycles. The van der Waals surface area contributed by atoms with E-state index >= 15 is 0 Å². The number of hydrogen-bond acceptors (Lipinski definition) is 2. The molecule has 0 radical (unpaired) electrons. The second kappa shape index (κ2) is 6.48. The van der Waals surface area contributed by atoms with Crippen LogP contribution in [0.4, 0.5) is 0 Å². The van der Waals surface area contributed by atoms with Crippen molar-refractivity contribution in [3.05, 3.63) is 56.1 Å². The summed E-state index contributed by atoms with van der Waals surface area (Å²) < 4.78 is 11.8. The molecule has 0 amide bonds. The number of ether oxygens (including phenoxy) is 2. The van der Waals surface area contributed by atoms with E-state index in [-0.39, 0.29) is 0 Å². The summed E-state index contributed by atoms with van der Waals surface area (Å²) in [5.74, 6) is 1.62. The molecule has 19 heavy (non-hydrogen) atoms. The van der Waals surface area contributed by atoms with E-state index in [1.165, 1.54) is 9.13 Å². The Balaban J connectivity index is 2.35. The molecule has 0 unspecified atom stereocenters. The number of halogens is 2. The number of rotatable bonds is 4. The monoisotopic (exact) mass is 388 g/mol. The maximum Gasteiger partial charge on any atom is 0.126 e. The van der Waals surface area contributed by atoms with Gasteiger partial charge in [0.25, 0.3) is 0 Å². The molecule has 2 rings (SSSR count). The molecular weight excluding hydrogens is 375 g/mol. The Morgan fingerprint density at radius 1 is 1.00 bits per heavy atom. The SMILES string of the molecule is COc1ccc(Cc2cc(Cl)ccc2I)c(OC)c1. The molecule has 0 fully saturated rings. The Morgan fingerprint density at radius 2 is 1.79 bits per heavy atom. The fourth-order valence-electron chi connectivity index (χ4n) is 1.88. The normalized spacial score (nSPS) is 10.3. The van der Waals surface area contributed by atoms with Gasteiger partial charge in [-0.25, -0.2) is 0 Å². The Hall–Kier alpha value is -0.940. The Bertz CT molecular complexity index is 584. The summed E-state index contributed by atoms with van der Waals surface area (Å²) in [6.45, 7) is 0. The van der Waals surface area contributed by atoms with Crippen LogP contribution in [0.15, 0.2) is 36.4 Å². The van der Waals surface area contributed by atoms with Gasteiger partial charge in [0, 0.05) is 21.1 Å². The lowest BCUT2D eigenvalue weighted by atomic mass is 10.0. The molecule has 2 aromatic carbocycles. The average molecular weight is 389 g/mol. The van der Waals surface area contributed by atoms with E-state index in [1.807, 2.05) is 36.4 Å². The predicted molar refractivity (Wildman–Crippen MR) is 86.5 cm³/mol. The van der Waals surface area contributed by atoms with Crippen molar-refractivity contribution in [1.82, 2.24) is 0 Å². The second-order valence-corrected chi connectivity index (χ2v) is 5.69. The molecule has 4 heteroatoms. The van der Waals surface area contributed by atoms with Gasteiger partial charge in [-0.1, -0.05) is 17.7 Å². The maximum atomic E-state index is 6.05. The topological polar surface area (TPSA) is 18.5 Å². The highest BCUT2D eigenvalue weighted by atomic mass is 127. The fraction of sp³-hybridized carbons (Fsp3) is 0.200. The third-order valence-electron chi connectivity index (χ3n) is 2.88. The number of benzene rings is 2. The molecule has 0 aromatic heterocycles. The molecule has 0 atom stereocenters. The van der Waals surface area contributed by atoms with Crippen LogP contribution < -0.4 is 9.47 Å². The molecule has 2 nitrogen and oxygen atoms in total. The predicted octanol–water partition coefficient (Wildman–Crippen LogP) is 4.55. The Morgan fingerprint density at radius 3 is 2.47 bits per heavy atom. The quantitative estimate of drug-likeness (QED) is 0.715. The third-order valence-corrected chi connectivity index (χ3v) is 4.17. The largest absolute Gasteiger partial charge is 0.497 e. The van der Waals surface area contributed by atoms with Crippen molar-refractivity contribution in [2.24, 2.45) is 0 Å². The summed E-state index contributed by atoms with van der Waals surface area (Å²) in [5, 5.41) is 0.753. The first kappa shape index (κ1) is 14.5. The summed E-state index contributed by atoms with van der Waals surface area (Å²) in [6, 6.07) is 11.8. The second-order valence-electron chi connectivity index (χ2n) is 4.09. The van der Waals surface area contributed by atoms with Crippen LogP contribution in [0.1, 0.15) is 11.1 Å². The lowest BCUT2D eigenvalue weighted by molar-refractivity contribution is 0.391. The van der Waals surface area contributed by atoms with Crippen LogP contribution in [-0.4, -0.2) is 14.2 Å². The summed E-state index contributed by atoms with van der Waals surface area (Å²) in [4.78, 5) is 0. The van der Waals surface area contributed by atoms with Crippen LogP contribution in [0, 0.1) is 3.57 Å². The molecule has 0 aliphatic rings. The van der Waals surface area contributed by atoms with Crippen molar-refractivity contribution in [3.8, 4) is 11.5 Å². The fourth-order valence-corrected chi connectivity index (χ4v) is 2.60. The standard InChI is InChI=1S/C15H14ClIO2/c1-18-13-5-3-10(15(9-13)19-2)7-11-8-12(16)4-6-14(11)17/h3-6,8-9H,7H2,1-2H3. The summed E-state index contributed by atoms with van der Waals surface area (Å²) in [6.07, 6.45) is 0.784. The van der Waals surface area contributed by atoms with Gasteiger partial charge in [0.15, 0.2) is 0 Å². The van der Waals surface area contributed by atoms with Crippen LogP contribution >= 0.6 is 34.2 Å². The molecule has 0 aliphatic carbocycles. The first-order valence-electron chi connectivity index (χ1n) is 5.79. The Kier molecular flexibility index (Phi) is 4.93. The van der Waals surface area contributed by atoms with Gasteiger partial charge < -0.3 is 9.47 Å². The molecule has 0 bridgehead atoms. The van der Waals surface area contributed by atoms with E-state index < -0.39 is 0 Å². The Labute approximate surface area is 131 Å². The van der Waals surface area contributed by atoms with E-state index in [9.17, 15) is 0 Å². The van der Waals surface area contributed by atoms with Gasteiger partial charge in [0.1, 0.15) is 11.5 Å². The minimum atomic E-state index is 0.753. The smallest absolute Gasteiger partial charge is 0.126 e. The van der Waals surface area contributed by atoms with Crippen molar-refractivity contribution in [2.75, 3.05) is 14.2 Å². The lowest BCUT2D eigenvalue weighted by Gasteiger charge is -2.11. The molecular formula is C15H14ClIO2. The van der Waals surface area contributed by atoms with Gasteiger partial charge in [-0.15, -0.1) is 0 Å². The van der Waals surface area contributed by atoms with Gasteiger partial charge in [0.05, 0.1) is 14.2 Å². The molecule has 0 N–H and O–H groups in total. The zero-order valence-electron chi connectivity index (χ0n) is 10.7. The number of methoxy groups -OCH3 is 2. The third kappa shape index (κ3) is 3.54.